The van der Waals surface area contributed by atoms with Crippen LogP contribution in [0.15, 0.2) is 71.8 Å². The van der Waals surface area contributed by atoms with Gasteiger partial charge in [-0.2, -0.15) is 9.40 Å². The first-order valence-electron chi connectivity index (χ1n) is 14.6. The minimum Gasteiger partial charge on any atom is -0.349 e. The molecular formula is C31H39N5O3S. The highest BCUT2D eigenvalue weighted by Gasteiger charge is 2.45. The molecule has 0 radical (unpaired) electrons. The first-order valence-corrected chi connectivity index (χ1v) is 16.0. The van der Waals surface area contributed by atoms with E-state index in [-0.39, 0.29) is 22.8 Å². The van der Waals surface area contributed by atoms with E-state index < -0.39 is 10.0 Å². The van der Waals surface area contributed by atoms with Crippen molar-refractivity contribution >= 4 is 15.9 Å². The van der Waals surface area contributed by atoms with E-state index >= 15 is 0 Å². The molecular weight excluding hydrogens is 522 g/mol. The Morgan fingerprint density at radius 1 is 0.950 bits per heavy atom. The molecule has 2 aromatic carbocycles. The maximum Gasteiger partial charge on any atom is 0.246 e. The van der Waals surface area contributed by atoms with Gasteiger partial charge < -0.3 is 10.2 Å². The molecule has 3 heterocycles. The number of amides is 1. The number of carbonyl (C=O) groups excluding carboxylic acids is 1. The zero-order valence-corrected chi connectivity index (χ0v) is 24.0. The van der Waals surface area contributed by atoms with Crippen LogP contribution in [0.1, 0.15) is 49.4 Å². The average Bonchev–Trinajstić information content (AvgIpc) is 3.76. The standard InChI is InChI=1S/C31H39N5O3S/c1-23-30(18-32-36(23)28-14-6-3-7-15-28)40(38,39)35-21-26-19-34(20-27(26)22-35)17-16-29(24-10-4-2-5-11-24)33-31(37)25-12-8-9-13-25/h2-7,10-11,14-15,18,25-27,29H,8-9,12-13,16-17,19-22H2,1H3,(H,33,37)/t26?,27?,29-/m1/s1. The molecule has 2 unspecified atom stereocenters. The lowest BCUT2D eigenvalue weighted by molar-refractivity contribution is -0.125. The van der Waals surface area contributed by atoms with Gasteiger partial charge in [0, 0.05) is 38.6 Å². The Kier molecular flexibility index (Phi) is 7.79. The lowest BCUT2D eigenvalue weighted by Crippen LogP contribution is -2.36. The third-order valence-corrected chi connectivity index (χ3v) is 11.0. The zero-order chi connectivity index (χ0) is 27.7. The van der Waals surface area contributed by atoms with Gasteiger partial charge in [-0.15, -0.1) is 0 Å². The smallest absolute Gasteiger partial charge is 0.246 e. The molecule has 1 saturated carbocycles. The second kappa shape index (κ2) is 11.5. The molecule has 2 aliphatic heterocycles. The zero-order valence-electron chi connectivity index (χ0n) is 23.2. The summed E-state index contributed by atoms with van der Waals surface area (Å²) >= 11 is 0. The first kappa shape index (κ1) is 27.2. The van der Waals surface area contributed by atoms with Crippen LogP contribution in [0.3, 0.4) is 0 Å². The van der Waals surface area contributed by atoms with Crippen LogP contribution >= 0.6 is 0 Å². The van der Waals surface area contributed by atoms with Gasteiger partial charge in [-0.25, -0.2) is 13.1 Å². The van der Waals surface area contributed by atoms with Crippen LogP contribution in [-0.4, -0.2) is 66.0 Å². The summed E-state index contributed by atoms with van der Waals surface area (Å²) in [6.45, 7) is 5.56. The van der Waals surface area contributed by atoms with Gasteiger partial charge in [0.1, 0.15) is 4.90 Å². The second-order valence-corrected chi connectivity index (χ2v) is 13.6. The molecule has 1 aromatic heterocycles. The van der Waals surface area contributed by atoms with Gasteiger partial charge >= 0.3 is 0 Å². The molecule has 1 amide bonds. The fourth-order valence-electron chi connectivity index (χ4n) is 6.84. The molecule has 1 N–H and O–H groups in total. The number of aromatic nitrogens is 2. The third-order valence-electron chi connectivity index (χ3n) is 9.09. The van der Waals surface area contributed by atoms with Crippen molar-refractivity contribution in [2.75, 3.05) is 32.7 Å². The predicted molar refractivity (Wildman–Crippen MR) is 154 cm³/mol. The Bertz CT molecular complexity index is 1410. The van der Waals surface area contributed by atoms with Gasteiger partial charge in [0.05, 0.1) is 23.6 Å². The van der Waals surface area contributed by atoms with Crippen LogP contribution in [0.25, 0.3) is 5.69 Å². The van der Waals surface area contributed by atoms with Crippen molar-refractivity contribution in [3.63, 3.8) is 0 Å². The molecule has 8 nitrogen and oxygen atoms in total. The number of sulfonamides is 1. The van der Waals surface area contributed by atoms with Crippen molar-refractivity contribution in [1.82, 2.24) is 24.3 Å². The van der Waals surface area contributed by atoms with E-state index in [2.05, 4.69) is 27.4 Å². The highest BCUT2D eigenvalue weighted by molar-refractivity contribution is 7.89. The number of para-hydroxylation sites is 1. The predicted octanol–water partition coefficient (Wildman–Crippen LogP) is 4.17. The fourth-order valence-corrected chi connectivity index (χ4v) is 8.53. The second-order valence-electron chi connectivity index (χ2n) is 11.7. The van der Waals surface area contributed by atoms with Crippen molar-refractivity contribution in [2.24, 2.45) is 17.8 Å². The lowest BCUT2D eigenvalue weighted by Gasteiger charge is -2.25. The van der Waals surface area contributed by atoms with Crippen molar-refractivity contribution in [1.29, 1.82) is 0 Å². The SMILES string of the molecule is Cc1c(S(=O)(=O)N2CC3CN(CC[C@@H](NC(=O)C4CCCC4)c4ccccc4)CC3C2)cnn1-c1ccccc1. The summed E-state index contributed by atoms with van der Waals surface area (Å²) < 4.78 is 30.6. The Morgan fingerprint density at radius 2 is 1.57 bits per heavy atom. The number of fused-ring (bicyclic) bond motifs is 1. The van der Waals surface area contributed by atoms with Gasteiger partial charge in [0.2, 0.25) is 15.9 Å². The van der Waals surface area contributed by atoms with E-state index in [4.69, 9.17) is 0 Å². The summed E-state index contributed by atoms with van der Waals surface area (Å²) in [6.07, 6.45) is 6.62. The number of carbonyl (C=O) groups is 1. The van der Waals surface area contributed by atoms with Gasteiger partial charge in [-0.1, -0.05) is 61.4 Å². The van der Waals surface area contributed by atoms with Crippen LogP contribution in [0, 0.1) is 24.7 Å². The molecule has 212 valence electrons. The number of likely N-dealkylation sites (tertiary alicyclic amines) is 1. The van der Waals surface area contributed by atoms with Crippen LogP contribution in [0.5, 0.6) is 0 Å². The summed E-state index contributed by atoms with van der Waals surface area (Å²) in [7, 11) is -3.62. The molecule has 3 atom stereocenters. The molecule has 6 rings (SSSR count). The van der Waals surface area contributed by atoms with Crippen molar-refractivity contribution in [3.05, 3.63) is 78.1 Å². The van der Waals surface area contributed by atoms with Crippen molar-refractivity contribution < 1.29 is 13.2 Å². The highest BCUT2D eigenvalue weighted by Crippen LogP contribution is 2.36. The van der Waals surface area contributed by atoms with E-state index in [0.717, 1.165) is 63.0 Å². The van der Waals surface area contributed by atoms with Crippen LogP contribution in [0.4, 0.5) is 0 Å². The van der Waals surface area contributed by atoms with Gasteiger partial charge in [-0.05, 0) is 55.7 Å². The Morgan fingerprint density at radius 3 is 2.23 bits per heavy atom. The molecule has 1 aliphatic carbocycles. The van der Waals surface area contributed by atoms with E-state index in [9.17, 15) is 13.2 Å². The topological polar surface area (TPSA) is 87.5 Å². The summed E-state index contributed by atoms with van der Waals surface area (Å²) in [5, 5.41) is 7.74. The number of nitrogens with zero attached hydrogens (tertiary/aromatic N) is 4. The number of benzene rings is 2. The Labute approximate surface area is 237 Å². The molecule has 2 saturated heterocycles. The van der Waals surface area contributed by atoms with E-state index in [0.29, 0.717) is 30.6 Å². The molecule has 3 aromatic rings. The number of nitrogens with one attached hydrogen (secondary N) is 1. The average molecular weight is 562 g/mol. The quantitative estimate of drug-likeness (QED) is 0.424. The first-order chi connectivity index (χ1) is 19.4. The molecule has 40 heavy (non-hydrogen) atoms. The summed E-state index contributed by atoms with van der Waals surface area (Å²) in [5.74, 6) is 0.982. The molecule has 0 spiro atoms. The lowest BCUT2D eigenvalue weighted by atomic mass is 10.0. The minimum atomic E-state index is -3.62. The van der Waals surface area contributed by atoms with Gasteiger partial charge in [0.25, 0.3) is 0 Å². The third kappa shape index (κ3) is 5.47. The van der Waals surface area contributed by atoms with E-state index in [1.807, 2.05) is 55.5 Å². The number of hydrogen-bond acceptors (Lipinski definition) is 5. The fraction of sp³-hybridized carbons (Fsp3) is 0.484. The molecule has 3 aliphatic rings. The highest BCUT2D eigenvalue weighted by atomic mass is 32.2. The molecule has 9 heteroatoms. The minimum absolute atomic E-state index is 0.00394. The van der Waals surface area contributed by atoms with Crippen LogP contribution < -0.4 is 5.32 Å². The van der Waals surface area contributed by atoms with Gasteiger partial charge in [0.15, 0.2) is 0 Å². The van der Waals surface area contributed by atoms with Crippen LogP contribution in [0.2, 0.25) is 0 Å². The summed E-state index contributed by atoms with van der Waals surface area (Å²) in [6, 6.07) is 19.9. The molecule has 3 fully saturated rings. The monoisotopic (exact) mass is 561 g/mol. The van der Waals surface area contributed by atoms with Crippen LogP contribution in [-0.2, 0) is 14.8 Å². The number of hydrogen-bond donors (Lipinski definition) is 1. The van der Waals surface area contributed by atoms with E-state index in [1.165, 1.54) is 6.20 Å². The Hall–Kier alpha value is -3.01. The summed E-state index contributed by atoms with van der Waals surface area (Å²) in [5.41, 5.74) is 2.64. The summed E-state index contributed by atoms with van der Waals surface area (Å²) in [4.78, 5) is 15.7. The maximum absolute atomic E-state index is 13.6. The van der Waals surface area contributed by atoms with Gasteiger partial charge in [-0.3, -0.25) is 4.79 Å². The number of rotatable bonds is 9. The Balaban J connectivity index is 1.07. The maximum atomic E-state index is 13.6. The van der Waals surface area contributed by atoms with Crippen molar-refractivity contribution in [2.45, 2.75) is 50.0 Å². The normalized spacial score (nSPS) is 22.9. The largest absolute Gasteiger partial charge is 0.349 e. The molecule has 0 bridgehead atoms. The van der Waals surface area contributed by atoms with E-state index in [1.54, 1.807) is 8.99 Å². The van der Waals surface area contributed by atoms with Crippen molar-refractivity contribution in [3.8, 4) is 5.69 Å².